The molecule has 1 fully saturated rings. The van der Waals surface area contributed by atoms with Crippen molar-refractivity contribution in [2.75, 3.05) is 13.1 Å². The van der Waals surface area contributed by atoms with Gasteiger partial charge in [-0.3, -0.25) is 0 Å². The first kappa shape index (κ1) is 9.45. The number of aromatic nitrogens is 1. The molecular formula is C9H13N3OS. The molecule has 1 N–H and O–H groups in total. The molecule has 0 radical (unpaired) electrons. The maximum atomic E-state index is 11.5. The van der Waals surface area contributed by atoms with E-state index in [1.165, 1.54) is 0 Å². The summed E-state index contributed by atoms with van der Waals surface area (Å²) in [5, 5.41) is 5.72. The van der Waals surface area contributed by atoms with Crippen molar-refractivity contribution in [2.45, 2.75) is 19.4 Å². The summed E-state index contributed by atoms with van der Waals surface area (Å²) < 4.78 is 0. The highest BCUT2D eigenvalue weighted by atomic mass is 32.1. The molecule has 0 spiro atoms. The summed E-state index contributed by atoms with van der Waals surface area (Å²) in [6.45, 7) is 5.53. The second-order valence-electron chi connectivity index (χ2n) is 3.78. The summed E-state index contributed by atoms with van der Waals surface area (Å²) in [6, 6.07) is 0.00481. The SMILES string of the molecule is CC(C)(c1nccs1)N1CCNC1=O. The fourth-order valence-corrected chi connectivity index (χ4v) is 2.42. The standard InChI is InChI=1S/C9H13N3OS/c1-9(2,7-10-4-6-14-7)12-5-3-11-8(12)13/h4,6H,3,5H2,1-2H3,(H,11,13). The molecule has 1 aliphatic rings. The number of thiazole rings is 1. The summed E-state index contributed by atoms with van der Waals surface area (Å²) in [6.07, 6.45) is 1.77. The van der Waals surface area contributed by atoms with E-state index in [1.54, 1.807) is 17.5 Å². The maximum absolute atomic E-state index is 11.5. The minimum Gasteiger partial charge on any atom is -0.336 e. The number of rotatable bonds is 2. The number of amides is 2. The highest BCUT2D eigenvalue weighted by Gasteiger charge is 2.37. The third-order valence-electron chi connectivity index (χ3n) is 2.49. The molecule has 2 amide bonds. The number of hydrogen-bond donors (Lipinski definition) is 1. The van der Waals surface area contributed by atoms with E-state index in [0.29, 0.717) is 0 Å². The number of urea groups is 1. The molecule has 0 saturated carbocycles. The van der Waals surface area contributed by atoms with Crippen LogP contribution in [0.5, 0.6) is 0 Å². The van der Waals surface area contributed by atoms with Gasteiger partial charge in [0, 0.05) is 24.7 Å². The molecule has 1 aromatic rings. The van der Waals surface area contributed by atoms with Crippen LogP contribution in [0.3, 0.4) is 0 Å². The van der Waals surface area contributed by atoms with Crippen LogP contribution >= 0.6 is 11.3 Å². The highest BCUT2D eigenvalue weighted by Crippen LogP contribution is 2.30. The molecule has 4 nitrogen and oxygen atoms in total. The topological polar surface area (TPSA) is 45.2 Å². The molecule has 14 heavy (non-hydrogen) atoms. The smallest absolute Gasteiger partial charge is 0.318 e. The van der Waals surface area contributed by atoms with Gasteiger partial charge in [-0.05, 0) is 13.8 Å². The molecule has 1 aromatic heterocycles. The van der Waals surface area contributed by atoms with E-state index >= 15 is 0 Å². The zero-order valence-electron chi connectivity index (χ0n) is 8.28. The van der Waals surface area contributed by atoms with Crippen LogP contribution in [0.4, 0.5) is 4.79 Å². The van der Waals surface area contributed by atoms with Crippen LogP contribution in [0, 0.1) is 0 Å². The quantitative estimate of drug-likeness (QED) is 0.803. The van der Waals surface area contributed by atoms with Crippen molar-refractivity contribution in [2.24, 2.45) is 0 Å². The van der Waals surface area contributed by atoms with Gasteiger partial charge in [-0.2, -0.15) is 0 Å². The monoisotopic (exact) mass is 211 g/mol. The van der Waals surface area contributed by atoms with E-state index in [9.17, 15) is 4.79 Å². The highest BCUT2D eigenvalue weighted by molar-refractivity contribution is 7.09. The van der Waals surface area contributed by atoms with Crippen LogP contribution in [0.15, 0.2) is 11.6 Å². The molecule has 2 rings (SSSR count). The van der Waals surface area contributed by atoms with Crippen molar-refractivity contribution < 1.29 is 4.79 Å². The van der Waals surface area contributed by atoms with E-state index in [2.05, 4.69) is 10.3 Å². The van der Waals surface area contributed by atoms with Gasteiger partial charge in [0.05, 0.1) is 5.54 Å². The van der Waals surface area contributed by atoms with Crippen molar-refractivity contribution >= 4 is 17.4 Å². The number of nitrogens with one attached hydrogen (secondary N) is 1. The molecule has 0 aromatic carbocycles. The lowest BCUT2D eigenvalue weighted by Gasteiger charge is -2.32. The minimum absolute atomic E-state index is 0.00481. The van der Waals surface area contributed by atoms with E-state index in [-0.39, 0.29) is 11.6 Å². The van der Waals surface area contributed by atoms with Crippen molar-refractivity contribution in [3.8, 4) is 0 Å². The summed E-state index contributed by atoms with van der Waals surface area (Å²) in [5.41, 5.74) is -0.297. The molecule has 76 valence electrons. The average Bonchev–Trinajstić information content (AvgIpc) is 2.72. The van der Waals surface area contributed by atoms with Gasteiger partial charge in [0.2, 0.25) is 0 Å². The van der Waals surface area contributed by atoms with Gasteiger partial charge >= 0.3 is 6.03 Å². The van der Waals surface area contributed by atoms with E-state index < -0.39 is 0 Å². The first-order valence-electron chi connectivity index (χ1n) is 4.58. The molecule has 1 aliphatic heterocycles. The Morgan fingerprint density at radius 1 is 1.64 bits per heavy atom. The average molecular weight is 211 g/mol. The lowest BCUT2D eigenvalue weighted by molar-refractivity contribution is 0.160. The van der Waals surface area contributed by atoms with Crippen molar-refractivity contribution in [3.63, 3.8) is 0 Å². The normalized spacial score (nSPS) is 17.3. The van der Waals surface area contributed by atoms with Crippen LogP contribution < -0.4 is 5.32 Å². The Hall–Kier alpha value is -1.10. The van der Waals surface area contributed by atoms with Crippen molar-refractivity contribution in [1.82, 2.24) is 15.2 Å². The molecule has 2 heterocycles. The fraction of sp³-hybridized carbons (Fsp3) is 0.556. The maximum Gasteiger partial charge on any atom is 0.318 e. The first-order chi connectivity index (χ1) is 6.62. The number of carbonyl (C=O) groups excluding carboxylic acids is 1. The second-order valence-corrected chi connectivity index (χ2v) is 4.67. The molecule has 0 bridgehead atoms. The molecule has 1 saturated heterocycles. The predicted molar refractivity (Wildman–Crippen MR) is 55.2 cm³/mol. The predicted octanol–water partition coefficient (Wildman–Crippen LogP) is 1.40. The third kappa shape index (κ3) is 1.37. The largest absolute Gasteiger partial charge is 0.336 e. The Bertz CT molecular complexity index is 334. The van der Waals surface area contributed by atoms with E-state index in [4.69, 9.17) is 0 Å². The van der Waals surface area contributed by atoms with Crippen molar-refractivity contribution in [3.05, 3.63) is 16.6 Å². The summed E-state index contributed by atoms with van der Waals surface area (Å²) in [4.78, 5) is 17.6. The summed E-state index contributed by atoms with van der Waals surface area (Å²) >= 11 is 1.59. The van der Waals surface area contributed by atoms with Gasteiger partial charge in [-0.25, -0.2) is 9.78 Å². The van der Waals surface area contributed by atoms with Gasteiger partial charge in [0.25, 0.3) is 0 Å². The zero-order valence-corrected chi connectivity index (χ0v) is 9.10. The molecular weight excluding hydrogens is 198 g/mol. The third-order valence-corrected chi connectivity index (χ3v) is 3.57. The van der Waals surface area contributed by atoms with Crippen LogP contribution in [0.2, 0.25) is 0 Å². The summed E-state index contributed by atoms with van der Waals surface area (Å²) in [7, 11) is 0. The number of carbonyl (C=O) groups is 1. The fourth-order valence-electron chi connectivity index (χ4n) is 1.65. The lowest BCUT2D eigenvalue weighted by atomic mass is 10.1. The van der Waals surface area contributed by atoms with Gasteiger partial charge in [-0.15, -0.1) is 11.3 Å². The Balaban J connectivity index is 2.27. The molecule has 0 unspecified atom stereocenters. The second kappa shape index (κ2) is 3.24. The molecule has 0 aliphatic carbocycles. The van der Waals surface area contributed by atoms with Gasteiger partial charge in [0.15, 0.2) is 0 Å². The zero-order chi connectivity index (χ0) is 10.2. The van der Waals surface area contributed by atoms with E-state index in [0.717, 1.165) is 18.1 Å². The first-order valence-corrected chi connectivity index (χ1v) is 5.46. The van der Waals surface area contributed by atoms with Gasteiger partial charge in [0.1, 0.15) is 5.01 Å². The van der Waals surface area contributed by atoms with Crippen molar-refractivity contribution in [1.29, 1.82) is 0 Å². The van der Waals surface area contributed by atoms with Crippen LogP contribution in [0.25, 0.3) is 0 Å². The number of hydrogen-bond acceptors (Lipinski definition) is 3. The van der Waals surface area contributed by atoms with Crippen LogP contribution in [0.1, 0.15) is 18.9 Å². The van der Waals surface area contributed by atoms with Crippen LogP contribution in [-0.2, 0) is 5.54 Å². The Kier molecular flexibility index (Phi) is 2.19. The molecule has 5 heteroatoms. The van der Waals surface area contributed by atoms with E-state index in [1.807, 2.05) is 24.1 Å². The van der Waals surface area contributed by atoms with Gasteiger partial charge in [-0.1, -0.05) is 0 Å². The minimum atomic E-state index is -0.297. The Morgan fingerprint density at radius 2 is 2.43 bits per heavy atom. The number of nitrogens with zero attached hydrogens (tertiary/aromatic N) is 2. The van der Waals surface area contributed by atoms with Crippen LogP contribution in [-0.4, -0.2) is 29.0 Å². The lowest BCUT2D eigenvalue weighted by Crippen LogP contribution is -2.43. The summed E-state index contributed by atoms with van der Waals surface area (Å²) in [5.74, 6) is 0. The Labute approximate surface area is 86.9 Å². The van der Waals surface area contributed by atoms with Gasteiger partial charge < -0.3 is 10.2 Å². The Morgan fingerprint density at radius 3 is 2.93 bits per heavy atom. The molecule has 0 atom stereocenters.